The molecule has 132 valence electrons. The zero-order valence-electron chi connectivity index (χ0n) is 13.9. The van der Waals surface area contributed by atoms with Crippen molar-refractivity contribution in [3.63, 3.8) is 0 Å². The van der Waals surface area contributed by atoms with E-state index in [4.69, 9.17) is 4.74 Å². The number of quaternary nitrogens is 1. The van der Waals surface area contributed by atoms with Crippen LogP contribution in [0.3, 0.4) is 0 Å². The number of likely N-dealkylation sites (N-methyl/N-ethyl adjacent to an activating group) is 1. The highest BCUT2D eigenvalue weighted by Crippen LogP contribution is 2.28. The number of nitrogens with one attached hydrogen (secondary N) is 2. The van der Waals surface area contributed by atoms with Gasteiger partial charge in [0.25, 0.3) is 11.6 Å². The monoisotopic (exact) mass is 348 g/mol. The summed E-state index contributed by atoms with van der Waals surface area (Å²) in [6.45, 7) is 0.638. The Labute approximate surface area is 144 Å². The van der Waals surface area contributed by atoms with Gasteiger partial charge in [0.2, 0.25) is 0 Å². The van der Waals surface area contributed by atoms with E-state index >= 15 is 0 Å². The zero-order chi connectivity index (χ0) is 18.4. The van der Waals surface area contributed by atoms with E-state index in [0.717, 1.165) is 10.5 Å². The predicted octanol–water partition coefficient (Wildman–Crippen LogP) is 1.40. The molecule has 2 N–H and O–H groups in total. The van der Waals surface area contributed by atoms with Crippen molar-refractivity contribution in [3.05, 3.63) is 64.0 Å². The average molecular weight is 348 g/mol. The molecule has 0 aliphatic heterocycles. The fourth-order valence-electron chi connectivity index (χ4n) is 2.42. The average Bonchev–Trinajstić information content (AvgIpc) is 2.54. The van der Waals surface area contributed by atoms with Crippen molar-refractivity contribution in [1.29, 1.82) is 0 Å². The van der Waals surface area contributed by atoms with Gasteiger partial charge >= 0.3 is 0 Å². The molecule has 0 saturated carbocycles. The molecule has 0 radical (unpaired) electrons. The molecule has 2 rings (SSSR count). The SMILES string of the molecule is COc1cc([N+](=O)[O-])ccc1NC(=O)C[NH+](C)Cc1cccc(F)c1. The maximum atomic E-state index is 13.2. The standard InChI is InChI=1S/C17H18FN3O4/c1-20(10-12-4-3-5-13(18)8-12)11-17(22)19-15-7-6-14(21(23)24)9-16(15)25-2/h3-9H,10-11H2,1-2H3,(H,19,22)/p+1. The van der Waals surface area contributed by atoms with Crippen LogP contribution in [0.4, 0.5) is 15.8 Å². The van der Waals surface area contributed by atoms with Gasteiger partial charge < -0.3 is 15.0 Å². The van der Waals surface area contributed by atoms with Crippen LogP contribution in [0.5, 0.6) is 5.75 Å². The molecule has 0 spiro atoms. The molecule has 0 fully saturated rings. The molecule has 0 aliphatic carbocycles. The minimum atomic E-state index is -0.537. The number of ether oxygens (including phenoxy) is 1. The second-order valence-electron chi connectivity index (χ2n) is 5.63. The number of anilines is 1. The summed E-state index contributed by atoms with van der Waals surface area (Å²) in [5.41, 5.74) is 1.03. The Morgan fingerprint density at radius 2 is 2.08 bits per heavy atom. The summed E-state index contributed by atoms with van der Waals surface area (Å²) >= 11 is 0. The van der Waals surface area contributed by atoms with Gasteiger partial charge in [-0.2, -0.15) is 0 Å². The number of nitro benzene ring substituents is 1. The molecule has 1 atom stereocenters. The summed E-state index contributed by atoms with van der Waals surface area (Å²) in [5, 5.41) is 13.5. The van der Waals surface area contributed by atoms with E-state index < -0.39 is 4.92 Å². The van der Waals surface area contributed by atoms with Crippen LogP contribution >= 0.6 is 0 Å². The first-order chi connectivity index (χ1) is 11.9. The first-order valence-electron chi connectivity index (χ1n) is 7.57. The van der Waals surface area contributed by atoms with Crippen molar-refractivity contribution in [2.75, 3.05) is 26.0 Å². The number of nitro groups is 1. The highest BCUT2D eigenvalue weighted by Gasteiger charge is 2.16. The topological polar surface area (TPSA) is 85.9 Å². The second-order valence-corrected chi connectivity index (χ2v) is 5.63. The third-order valence-corrected chi connectivity index (χ3v) is 3.53. The number of halogens is 1. The maximum Gasteiger partial charge on any atom is 0.279 e. The van der Waals surface area contributed by atoms with Crippen LogP contribution in [-0.2, 0) is 11.3 Å². The molecule has 1 amide bonds. The minimum absolute atomic E-state index is 0.122. The molecular formula is C17H19FN3O4+. The summed E-state index contributed by atoms with van der Waals surface area (Å²) in [4.78, 5) is 23.3. The van der Waals surface area contributed by atoms with E-state index in [9.17, 15) is 19.3 Å². The molecule has 0 aliphatic rings. The van der Waals surface area contributed by atoms with Crippen LogP contribution in [-0.4, -0.2) is 31.5 Å². The van der Waals surface area contributed by atoms with Crippen LogP contribution < -0.4 is 15.0 Å². The molecule has 25 heavy (non-hydrogen) atoms. The lowest BCUT2D eigenvalue weighted by Gasteiger charge is -2.15. The van der Waals surface area contributed by atoms with Gasteiger partial charge in [-0.15, -0.1) is 0 Å². The van der Waals surface area contributed by atoms with Crippen LogP contribution in [0.25, 0.3) is 0 Å². The van der Waals surface area contributed by atoms with Crippen molar-refractivity contribution in [1.82, 2.24) is 0 Å². The van der Waals surface area contributed by atoms with Crippen LogP contribution in [0.2, 0.25) is 0 Å². The van der Waals surface area contributed by atoms with Gasteiger partial charge in [0.05, 0.1) is 30.8 Å². The molecule has 0 saturated heterocycles. The largest absolute Gasteiger partial charge is 0.494 e. The zero-order valence-corrected chi connectivity index (χ0v) is 13.9. The summed E-state index contributed by atoms with van der Waals surface area (Å²) in [6.07, 6.45) is 0. The fourth-order valence-corrected chi connectivity index (χ4v) is 2.42. The Hall–Kier alpha value is -3.00. The molecule has 1 unspecified atom stereocenters. The number of amides is 1. The highest BCUT2D eigenvalue weighted by atomic mass is 19.1. The first kappa shape index (κ1) is 18.3. The summed E-state index contributed by atoms with van der Waals surface area (Å²) in [5.74, 6) is -0.378. The molecular weight excluding hydrogens is 329 g/mol. The maximum absolute atomic E-state index is 13.2. The van der Waals surface area contributed by atoms with E-state index in [1.54, 1.807) is 12.1 Å². The molecule has 2 aromatic carbocycles. The normalized spacial score (nSPS) is 11.6. The number of nitrogens with zero attached hydrogens (tertiary/aromatic N) is 1. The molecule has 0 bridgehead atoms. The van der Waals surface area contributed by atoms with Gasteiger partial charge in [0.15, 0.2) is 6.54 Å². The molecule has 0 aromatic heterocycles. The Morgan fingerprint density at radius 3 is 2.72 bits per heavy atom. The van der Waals surface area contributed by atoms with Gasteiger partial charge in [-0.1, -0.05) is 12.1 Å². The summed E-state index contributed by atoms with van der Waals surface area (Å²) < 4.78 is 18.3. The van der Waals surface area contributed by atoms with Crippen LogP contribution in [0.15, 0.2) is 42.5 Å². The number of carbonyl (C=O) groups is 1. The van der Waals surface area contributed by atoms with Crippen LogP contribution in [0.1, 0.15) is 5.56 Å². The number of benzene rings is 2. The Balaban J connectivity index is 1.98. The molecule has 2 aromatic rings. The lowest BCUT2D eigenvalue weighted by Crippen LogP contribution is -3.08. The van der Waals surface area contributed by atoms with Crippen LogP contribution in [0, 0.1) is 15.9 Å². The molecule has 8 heteroatoms. The number of rotatable bonds is 7. The summed E-state index contributed by atoms with van der Waals surface area (Å²) in [7, 11) is 3.19. The van der Waals surface area contributed by atoms with Gasteiger partial charge in [-0.3, -0.25) is 14.9 Å². The van der Waals surface area contributed by atoms with E-state index in [1.165, 1.54) is 37.4 Å². The fraction of sp³-hybridized carbons (Fsp3) is 0.235. The third kappa shape index (κ3) is 5.25. The number of non-ortho nitro benzene ring substituents is 1. The Morgan fingerprint density at radius 1 is 1.32 bits per heavy atom. The number of hydrogen-bond acceptors (Lipinski definition) is 4. The third-order valence-electron chi connectivity index (χ3n) is 3.53. The predicted molar refractivity (Wildman–Crippen MR) is 90.1 cm³/mol. The smallest absolute Gasteiger partial charge is 0.279 e. The van der Waals surface area contributed by atoms with Gasteiger partial charge in [0.1, 0.15) is 18.1 Å². The van der Waals surface area contributed by atoms with Crippen molar-refractivity contribution in [3.8, 4) is 5.75 Å². The van der Waals surface area contributed by atoms with Gasteiger partial charge in [-0.05, 0) is 18.2 Å². The van der Waals surface area contributed by atoms with E-state index in [-0.39, 0.29) is 29.7 Å². The Bertz CT molecular complexity index is 782. The number of hydrogen-bond donors (Lipinski definition) is 2. The van der Waals surface area contributed by atoms with Gasteiger partial charge in [0, 0.05) is 11.6 Å². The Kier molecular flexibility index (Phi) is 6.02. The van der Waals surface area contributed by atoms with Gasteiger partial charge in [-0.25, -0.2) is 4.39 Å². The highest BCUT2D eigenvalue weighted by molar-refractivity contribution is 5.93. The van der Waals surface area contributed by atoms with E-state index in [1.807, 2.05) is 7.05 Å². The lowest BCUT2D eigenvalue weighted by atomic mass is 10.2. The quantitative estimate of drug-likeness (QED) is 0.585. The number of carbonyl (C=O) groups excluding carboxylic acids is 1. The van der Waals surface area contributed by atoms with Crippen molar-refractivity contribution in [2.24, 2.45) is 0 Å². The van der Waals surface area contributed by atoms with E-state index in [0.29, 0.717) is 12.2 Å². The first-order valence-corrected chi connectivity index (χ1v) is 7.57. The minimum Gasteiger partial charge on any atom is -0.494 e. The van der Waals surface area contributed by atoms with Crippen molar-refractivity contribution < 1.29 is 23.7 Å². The molecule has 7 nitrogen and oxygen atoms in total. The van der Waals surface area contributed by atoms with Crippen molar-refractivity contribution >= 4 is 17.3 Å². The number of methoxy groups -OCH3 is 1. The van der Waals surface area contributed by atoms with Crippen molar-refractivity contribution in [2.45, 2.75) is 6.54 Å². The van der Waals surface area contributed by atoms with E-state index in [2.05, 4.69) is 5.32 Å². The molecule has 0 heterocycles. The summed E-state index contributed by atoms with van der Waals surface area (Å²) in [6, 6.07) is 10.2. The second kappa shape index (κ2) is 8.20. The lowest BCUT2D eigenvalue weighted by molar-refractivity contribution is -0.885.